The Morgan fingerprint density at radius 2 is 1.62 bits per heavy atom. The number of hydrogen-bond acceptors (Lipinski definition) is 2. The monoisotopic (exact) mass is 322 g/mol. The van der Waals surface area contributed by atoms with Gasteiger partial charge in [-0.1, -0.05) is 23.8 Å². The lowest BCUT2D eigenvalue weighted by Crippen LogP contribution is -2.28. The second kappa shape index (κ2) is 6.48. The van der Waals surface area contributed by atoms with Crippen LogP contribution in [0.5, 0.6) is 0 Å². The quantitative estimate of drug-likeness (QED) is 0.938. The number of amides is 2. The molecule has 1 heterocycles. The molecule has 1 fully saturated rings. The first-order valence-electron chi connectivity index (χ1n) is 8.18. The van der Waals surface area contributed by atoms with Crippen molar-refractivity contribution in [3.63, 3.8) is 0 Å². The molecule has 124 valence electrons. The molecule has 1 unspecified atom stereocenters. The van der Waals surface area contributed by atoms with Gasteiger partial charge < -0.3 is 10.2 Å². The molecule has 0 saturated carbocycles. The highest BCUT2D eigenvalue weighted by Crippen LogP contribution is 2.26. The van der Waals surface area contributed by atoms with Gasteiger partial charge in [0.15, 0.2) is 0 Å². The maximum atomic E-state index is 12.5. The molecule has 0 spiro atoms. The Hall–Kier alpha value is -2.62. The molecule has 24 heavy (non-hydrogen) atoms. The standard InChI is InChI=1S/C20H22N2O2/c1-13-4-6-18(7-5-13)22-12-16(11-19(22)23)20(24)21-17-9-14(2)8-15(3)10-17/h4-10,16H,11-12H2,1-3H3,(H,21,24). The number of anilines is 2. The zero-order chi connectivity index (χ0) is 17.3. The lowest BCUT2D eigenvalue weighted by molar-refractivity contribution is -0.122. The molecular formula is C20H22N2O2. The highest BCUT2D eigenvalue weighted by Gasteiger charge is 2.35. The zero-order valence-electron chi connectivity index (χ0n) is 14.3. The fourth-order valence-corrected chi connectivity index (χ4v) is 3.15. The highest BCUT2D eigenvalue weighted by atomic mass is 16.2. The van der Waals surface area contributed by atoms with Crippen molar-refractivity contribution in [2.75, 3.05) is 16.8 Å². The first-order chi connectivity index (χ1) is 11.4. The minimum absolute atomic E-state index is 0.000532. The van der Waals surface area contributed by atoms with Crippen LogP contribution in [0.3, 0.4) is 0 Å². The third-order valence-electron chi connectivity index (χ3n) is 4.33. The summed E-state index contributed by atoms with van der Waals surface area (Å²) in [6, 6.07) is 13.8. The van der Waals surface area contributed by atoms with E-state index in [0.29, 0.717) is 6.54 Å². The second-order valence-corrected chi connectivity index (χ2v) is 6.61. The van der Waals surface area contributed by atoms with Gasteiger partial charge in [-0.2, -0.15) is 0 Å². The van der Waals surface area contributed by atoms with E-state index >= 15 is 0 Å². The Balaban J connectivity index is 1.70. The molecule has 1 saturated heterocycles. The number of rotatable bonds is 3. The number of nitrogens with one attached hydrogen (secondary N) is 1. The summed E-state index contributed by atoms with van der Waals surface area (Å²) in [5.41, 5.74) is 5.00. The van der Waals surface area contributed by atoms with Crippen molar-refractivity contribution in [3.8, 4) is 0 Å². The van der Waals surface area contributed by atoms with E-state index < -0.39 is 0 Å². The lowest BCUT2D eigenvalue weighted by atomic mass is 10.1. The average Bonchev–Trinajstić information content (AvgIpc) is 2.89. The molecule has 2 amide bonds. The third kappa shape index (κ3) is 3.48. The number of carbonyl (C=O) groups is 2. The van der Waals surface area contributed by atoms with Gasteiger partial charge in [0.1, 0.15) is 0 Å². The van der Waals surface area contributed by atoms with Gasteiger partial charge >= 0.3 is 0 Å². The van der Waals surface area contributed by atoms with Crippen LogP contribution in [0.15, 0.2) is 42.5 Å². The van der Waals surface area contributed by atoms with Crippen LogP contribution in [0.4, 0.5) is 11.4 Å². The van der Waals surface area contributed by atoms with E-state index in [0.717, 1.165) is 28.1 Å². The van der Waals surface area contributed by atoms with Crippen LogP contribution in [0.25, 0.3) is 0 Å². The third-order valence-corrected chi connectivity index (χ3v) is 4.33. The van der Waals surface area contributed by atoms with E-state index in [-0.39, 0.29) is 24.2 Å². The van der Waals surface area contributed by atoms with Crippen molar-refractivity contribution in [1.82, 2.24) is 0 Å². The van der Waals surface area contributed by atoms with Crippen LogP contribution in [0.1, 0.15) is 23.1 Å². The van der Waals surface area contributed by atoms with Gasteiger partial charge in [-0.25, -0.2) is 0 Å². The SMILES string of the molecule is Cc1ccc(N2CC(C(=O)Nc3cc(C)cc(C)c3)CC2=O)cc1. The van der Waals surface area contributed by atoms with E-state index in [1.807, 2.05) is 57.2 Å². The van der Waals surface area contributed by atoms with E-state index in [1.54, 1.807) is 4.90 Å². The normalized spacial score (nSPS) is 17.2. The number of aryl methyl sites for hydroxylation is 3. The van der Waals surface area contributed by atoms with E-state index in [1.165, 1.54) is 0 Å². The Morgan fingerprint density at radius 1 is 1.00 bits per heavy atom. The van der Waals surface area contributed by atoms with Crippen LogP contribution in [0, 0.1) is 26.7 Å². The van der Waals surface area contributed by atoms with Crippen molar-refractivity contribution in [1.29, 1.82) is 0 Å². The van der Waals surface area contributed by atoms with Gasteiger partial charge in [-0.05, 0) is 56.2 Å². The summed E-state index contributed by atoms with van der Waals surface area (Å²) in [7, 11) is 0. The summed E-state index contributed by atoms with van der Waals surface area (Å²) in [6.45, 7) is 6.44. The van der Waals surface area contributed by atoms with Crippen LogP contribution in [-0.4, -0.2) is 18.4 Å². The van der Waals surface area contributed by atoms with Crippen molar-refractivity contribution < 1.29 is 9.59 Å². The second-order valence-electron chi connectivity index (χ2n) is 6.61. The molecule has 0 radical (unpaired) electrons. The Kier molecular flexibility index (Phi) is 4.38. The van der Waals surface area contributed by atoms with Crippen molar-refractivity contribution in [2.24, 2.45) is 5.92 Å². The molecular weight excluding hydrogens is 300 g/mol. The molecule has 1 atom stereocenters. The summed E-state index contributed by atoms with van der Waals surface area (Å²) in [5, 5.41) is 2.95. The largest absolute Gasteiger partial charge is 0.326 e. The minimum Gasteiger partial charge on any atom is -0.326 e. The molecule has 4 heteroatoms. The maximum absolute atomic E-state index is 12.5. The molecule has 1 aliphatic rings. The Bertz CT molecular complexity index is 760. The van der Waals surface area contributed by atoms with Crippen LogP contribution >= 0.6 is 0 Å². The van der Waals surface area contributed by atoms with Crippen molar-refractivity contribution in [2.45, 2.75) is 27.2 Å². The molecule has 0 bridgehead atoms. The zero-order valence-corrected chi connectivity index (χ0v) is 14.3. The number of benzene rings is 2. The first kappa shape index (κ1) is 16.2. The molecule has 0 aromatic heterocycles. The van der Waals surface area contributed by atoms with Gasteiger partial charge in [-0.3, -0.25) is 9.59 Å². The number of nitrogens with zero attached hydrogens (tertiary/aromatic N) is 1. The molecule has 2 aromatic rings. The smallest absolute Gasteiger partial charge is 0.229 e. The molecule has 4 nitrogen and oxygen atoms in total. The van der Waals surface area contributed by atoms with Crippen LogP contribution < -0.4 is 10.2 Å². The van der Waals surface area contributed by atoms with E-state index in [2.05, 4.69) is 11.4 Å². The predicted molar refractivity (Wildman–Crippen MR) is 96.2 cm³/mol. The maximum Gasteiger partial charge on any atom is 0.229 e. The van der Waals surface area contributed by atoms with Crippen molar-refractivity contribution in [3.05, 3.63) is 59.2 Å². The Labute approximate surface area is 142 Å². The number of carbonyl (C=O) groups excluding carboxylic acids is 2. The van der Waals surface area contributed by atoms with Crippen LogP contribution in [0.2, 0.25) is 0 Å². The van der Waals surface area contributed by atoms with E-state index in [9.17, 15) is 9.59 Å². The summed E-state index contributed by atoms with van der Waals surface area (Å²) in [5.74, 6) is -0.415. The predicted octanol–water partition coefficient (Wildman–Crippen LogP) is 3.60. The average molecular weight is 322 g/mol. The van der Waals surface area contributed by atoms with Gasteiger partial charge in [0.05, 0.1) is 5.92 Å². The van der Waals surface area contributed by atoms with Gasteiger partial charge in [0, 0.05) is 24.3 Å². The number of hydrogen-bond donors (Lipinski definition) is 1. The highest BCUT2D eigenvalue weighted by molar-refractivity contribution is 6.03. The minimum atomic E-state index is -0.320. The van der Waals surface area contributed by atoms with E-state index in [4.69, 9.17) is 0 Å². The van der Waals surface area contributed by atoms with Crippen LogP contribution in [-0.2, 0) is 9.59 Å². The van der Waals surface area contributed by atoms with Gasteiger partial charge in [0.25, 0.3) is 0 Å². The summed E-state index contributed by atoms with van der Waals surface area (Å²) in [4.78, 5) is 26.5. The van der Waals surface area contributed by atoms with Gasteiger partial charge in [0.2, 0.25) is 11.8 Å². The van der Waals surface area contributed by atoms with Gasteiger partial charge in [-0.15, -0.1) is 0 Å². The van der Waals surface area contributed by atoms with Crippen molar-refractivity contribution >= 4 is 23.2 Å². The summed E-state index contributed by atoms with van der Waals surface area (Å²) >= 11 is 0. The Morgan fingerprint density at radius 3 is 2.25 bits per heavy atom. The first-order valence-corrected chi connectivity index (χ1v) is 8.18. The summed E-state index contributed by atoms with van der Waals surface area (Å²) in [6.07, 6.45) is 0.254. The summed E-state index contributed by atoms with van der Waals surface area (Å²) < 4.78 is 0. The lowest BCUT2D eigenvalue weighted by Gasteiger charge is -2.17. The molecule has 3 rings (SSSR count). The molecule has 1 aliphatic heterocycles. The fraction of sp³-hybridized carbons (Fsp3) is 0.300. The topological polar surface area (TPSA) is 49.4 Å². The molecule has 2 aromatic carbocycles. The molecule has 1 N–H and O–H groups in total. The molecule has 0 aliphatic carbocycles. The fourth-order valence-electron chi connectivity index (χ4n) is 3.15.